The molecule has 1 aliphatic carbocycles. The Balaban J connectivity index is 1.39. The SMILES string of the molecule is Oc1ccc2c(c1)CC=C2C#Cc1cc(-c2c[nH]c3cc(O)ccc23)cc(-c2c[nH]c3cc(O)ccc23)c1. The molecule has 0 saturated carbocycles. The summed E-state index contributed by atoms with van der Waals surface area (Å²) in [5, 5.41) is 31.7. The Kier molecular flexibility index (Phi) is 4.82. The highest BCUT2D eigenvalue weighted by Crippen LogP contribution is 2.37. The molecule has 0 aliphatic heterocycles. The van der Waals surface area contributed by atoms with E-state index < -0.39 is 0 Å². The van der Waals surface area contributed by atoms with Gasteiger partial charge >= 0.3 is 0 Å². The van der Waals surface area contributed by atoms with Crippen LogP contribution in [0, 0.1) is 11.8 Å². The van der Waals surface area contributed by atoms with E-state index in [0.29, 0.717) is 0 Å². The van der Waals surface area contributed by atoms with Gasteiger partial charge in [-0.2, -0.15) is 0 Å². The molecule has 0 spiro atoms. The van der Waals surface area contributed by atoms with Crippen LogP contribution < -0.4 is 0 Å². The van der Waals surface area contributed by atoms with Crippen LogP contribution in [-0.4, -0.2) is 25.3 Å². The van der Waals surface area contributed by atoms with Gasteiger partial charge in [0.15, 0.2) is 0 Å². The molecular weight excluding hydrogens is 472 g/mol. The number of phenolic OH excluding ortho intramolecular Hbond substituents is 3. The molecule has 38 heavy (non-hydrogen) atoms. The summed E-state index contributed by atoms with van der Waals surface area (Å²) in [7, 11) is 0. The molecule has 0 amide bonds. The van der Waals surface area contributed by atoms with Gasteiger partial charge in [-0.05, 0) is 89.3 Å². The highest BCUT2D eigenvalue weighted by atomic mass is 16.3. The Hall–Kier alpha value is -5.34. The first kappa shape index (κ1) is 21.9. The second-order valence-electron chi connectivity index (χ2n) is 9.58. The number of hydrogen-bond acceptors (Lipinski definition) is 3. The fraction of sp³-hybridized carbons (Fsp3) is 0.0303. The highest BCUT2D eigenvalue weighted by Gasteiger charge is 2.15. The van der Waals surface area contributed by atoms with Crippen LogP contribution in [0.2, 0.25) is 0 Å². The second-order valence-corrected chi connectivity index (χ2v) is 9.58. The van der Waals surface area contributed by atoms with Crippen molar-refractivity contribution in [3.63, 3.8) is 0 Å². The molecule has 0 radical (unpaired) electrons. The van der Waals surface area contributed by atoms with E-state index in [1.165, 1.54) is 0 Å². The minimum Gasteiger partial charge on any atom is -0.508 e. The lowest BCUT2D eigenvalue weighted by Crippen LogP contribution is -1.86. The van der Waals surface area contributed by atoms with Crippen molar-refractivity contribution < 1.29 is 15.3 Å². The van der Waals surface area contributed by atoms with Gasteiger partial charge in [0.25, 0.3) is 0 Å². The molecule has 4 aromatic carbocycles. The molecule has 5 heteroatoms. The zero-order valence-corrected chi connectivity index (χ0v) is 20.2. The fourth-order valence-corrected chi connectivity index (χ4v) is 5.31. The molecular formula is C33H22N2O3. The average Bonchev–Trinajstić information content (AvgIpc) is 3.63. The second kappa shape index (κ2) is 8.36. The van der Waals surface area contributed by atoms with Gasteiger partial charge in [0.1, 0.15) is 17.2 Å². The molecule has 0 unspecified atom stereocenters. The van der Waals surface area contributed by atoms with Gasteiger partial charge in [-0.1, -0.05) is 17.9 Å². The zero-order chi connectivity index (χ0) is 25.8. The molecule has 0 atom stereocenters. The number of hydrogen-bond donors (Lipinski definition) is 5. The van der Waals surface area contributed by atoms with Crippen LogP contribution in [0.3, 0.4) is 0 Å². The molecule has 5 nitrogen and oxygen atoms in total. The Labute approximate surface area is 218 Å². The van der Waals surface area contributed by atoms with Gasteiger partial charge in [0, 0.05) is 68.6 Å². The third-order valence-corrected chi connectivity index (χ3v) is 7.13. The number of aromatic hydroxyl groups is 3. The summed E-state index contributed by atoms with van der Waals surface area (Å²) in [4.78, 5) is 6.54. The number of aromatic nitrogens is 2. The van der Waals surface area contributed by atoms with Gasteiger partial charge in [-0.3, -0.25) is 0 Å². The molecule has 1 aliphatic rings. The van der Waals surface area contributed by atoms with Crippen LogP contribution in [0.4, 0.5) is 0 Å². The number of aromatic amines is 2. The molecule has 0 saturated heterocycles. The molecule has 6 aromatic rings. The van der Waals surface area contributed by atoms with E-state index in [1.807, 2.05) is 30.6 Å². The molecule has 2 heterocycles. The van der Waals surface area contributed by atoms with Crippen LogP contribution in [-0.2, 0) is 6.42 Å². The zero-order valence-electron chi connectivity index (χ0n) is 20.2. The third-order valence-electron chi connectivity index (χ3n) is 7.13. The van der Waals surface area contributed by atoms with Gasteiger partial charge < -0.3 is 25.3 Å². The maximum absolute atomic E-state index is 9.92. The smallest absolute Gasteiger partial charge is 0.117 e. The minimum atomic E-state index is 0.215. The number of H-pyrrole nitrogens is 2. The Morgan fingerprint density at radius 1 is 0.579 bits per heavy atom. The van der Waals surface area contributed by atoms with Crippen LogP contribution in [0.1, 0.15) is 16.7 Å². The lowest BCUT2D eigenvalue weighted by Gasteiger charge is -2.07. The predicted octanol–water partition coefficient (Wildman–Crippen LogP) is 7.09. The summed E-state index contributed by atoms with van der Waals surface area (Å²) in [5.74, 6) is 7.43. The van der Waals surface area contributed by atoms with E-state index in [0.717, 1.165) is 72.7 Å². The van der Waals surface area contributed by atoms with Crippen molar-refractivity contribution in [2.24, 2.45) is 0 Å². The summed E-state index contributed by atoms with van der Waals surface area (Å²) >= 11 is 0. The highest BCUT2D eigenvalue weighted by molar-refractivity contribution is 6.00. The molecule has 2 aromatic heterocycles. The van der Waals surface area contributed by atoms with Crippen LogP contribution in [0.15, 0.2) is 91.3 Å². The van der Waals surface area contributed by atoms with Crippen molar-refractivity contribution in [2.75, 3.05) is 0 Å². The molecule has 0 bridgehead atoms. The third kappa shape index (κ3) is 3.68. The maximum Gasteiger partial charge on any atom is 0.117 e. The van der Waals surface area contributed by atoms with Gasteiger partial charge in [0.2, 0.25) is 0 Å². The Bertz CT molecular complexity index is 1900. The molecule has 7 rings (SSSR count). The van der Waals surface area contributed by atoms with Crippen molar-refractivity contribution in [1.29, 1.82) is 0 Å². The van der Waals surface area contributed by atoms with E-state index in [2.05, 4.69) is 46.1 Å². The van der Waals surface area contributed by atoms with Gasteiger partial charge in [-0.25, -0.2) is 0 Å². The largest absolute Gasteiger partial charge is 0.508 e. The van der Waals surface area contributed by atoms with E-state index in [-0.39, 0.29) is 17.2 Å². The van der Waals surface area contributed by atoms with Crippen LogP contribution in [0.5, 0.6) is 17.2 Å². The number of fused-ring (bicyclic) bond motifs is 3. The predicted molar refractivity (Wildman–Crippen MR) is 151 cm³/mol. The quantitative estimate of drug-likeness (QED) is 0.166. The monoisotopic (exact) mass is 494 g/mol. The van der Waals surface area contributed by atoms with Crippen molar-refractivity contribution in [2.45, 2.75) is 6.42 Å². The van der Waals surface area contributed by atoms with Crippen molar-refractivity contribution in [3.05, 3.63) is 108 Å². The number of allylic oxidation sites excluding steroid dienone is 2. The first-order valence-electron chi connectivity index (χ1n) is 12.3. The topological polar surface area (TPSA) is 92.3 Å². The Morgan fingerprint density at radius 3 is 1.79 bits per heavy atom. The van der Waals surface area contributed by atoms with E-state index >= 15 is 0 Å². The first-order valence-corrected chi connectivity index (χ1v) is 12.3. The van der Waals surface area contributed by atoms with Crippen LogP contribution >= 0.6 is 0 Å². The summed E-state index contributed by atoms with van der Waals surface area (Å²) in [5.41, 5.74) is 9.71. The number of nitrogens with one attached hydrogen (secondary N) is 2. The summed E-state index contributed by atoms with van der Waals surface area (Å²) in [6.45, 7) is 0. The number of benzene rings is 4. The molecule has 5 N–H and O–H groups in total. The van der Waals surface area contributed by atoms with Crippen LogP contribution in [0.25, 0.3) is 49.6 Å². The summed E-state index contributed by atoms with van der Waals surface area (Å²) < 4.78 is 0. The van der Waals surface area contributed by atoms with Crippen molar-refractivity contribution >= 4 is 27.4 Å². The lowest BCUT2D eigenvalue weighted by molar-refractivity contribution is 0.474. The van der Waals surface area contributed by atoms with Gasteiger partial charge in [0.05, 0.1) is 0 Å². The summed E-state index contributed by atoms with van der Waals surface area (Å²) in [6, 6.07) is 22.4. The minimum absolute atomic E-state index is 0.215. The lowest BCUT2D eigenvalue weighted by atomic mass is 9.95. The maximum atomic E-state index is 9.92. The van der Waals surface area contributed by atoms with Gasteiger partial charge in [-0.15, -0.1) is 0 Å². The standard InChI is InChI=1S/C33H22N2O3/c36-24-5-8-27-20(3-4-21(27)14-24)2-1-19-11-22(30-17-34-32-15-25(37)6-9-28(30)32)13-23(12-19)31-18-35-33-16-26(38)7-10-29(31)33/h3,5-18,34-38H,4H2. The normalized spacial score (nSPS) is 12.4. The number of phenols is 3. The average molecular weight is 495 g/mol. The van der Waals surface area contributed by atoms with E-state index in [4.69, 9.17) is 0 Å². The van der Waals surface area contributed by atoms with Crippen molar-refractivity contribution in [3.8, 4) is 51.3 Å². The summed E-state index contributed by atoms with van der Waals surface area (Å²) in [6.07, 6.45) is 6.76. The van der Waals surface area contributed by atoms with Crippen molar-refractivity contribution in [1.82, 2.24) is 9.97 Å². The van der Waals surface area contributed by atoms with E-state index in [9.17, 15) is 15.3 Å². The molecule has 0 fully saturated rings. The fourth-order valence-electron chi connectivity index (χ4n) is 5.31. The van der Waals surface area contributed by atoms with E-state index in [1.54, 1.807) is 36.4 Å². The molecule has 182 valence electrons. The first-order chi connectivity index (χ1) is 18.5. The number of rotatable bonds is 2. The Morgan fingerprint density at radius 2 is 1.16 bits per heavy atom.